The van der Waals surface area contributed by atoms with Gasteiger partial charge in [-0.15, -0.1) is 0 Å². The summed E-state index contributed by atoms with van der Waals surface area (Å²) >= 11 is 0. The van der Waals surface area contributed by atoms with E-state index in [0.717, 1.165) is 5.56 Å². The third-order valence-electron chi connectivity index (χ3n) is 3.27. The maximum Gasteiger partial charge on any atom is 0.214 e. The molecular weight excluding hydrogens is 243 g/mol. The highest BCUT2D eigenvalue weighted by Gasteiger charge is 2.29. The Morgan fingerprint density at radius 2 is 1.58 bits per heavy atom. The molecule has 0 unspecified atom stereocenters. The number of aromatic nitrogens is 2. The highest BCUT2D eigenvalue weighted by atomic mass is 19.1. The van der Waals surface area contributed by atoms with Crippen LogP contribution < -0.4 is 0 Å². The lowest BCUT2D eigenvalue weighted by Crippen LogP contribution is -2.00. The number of rotatable bonds is 0. The first kappa shape index (κ1) is 10.3. The van der Waals surface area contributed by atoms with E-state index in [1.54, 1.807) is 12.1 Å². The van der Waals surface area contributed by atoms with Crippen molar-refractivity contribution in [2.75, 3.05) is 0 Å². The van der Waals surface area contributed by atoms with Crippen molar-refractivity contribution in [2.24, 2.45) is 0 Å². The minimum Gasteiger partial charge on any atom is -0.287 e. The van der Waals surface area contributed by atoms with Gasteiger partial charge in [-0.25, -0.2) is 14.4 Å². The Morgan fingerprint density at radius 3 is 2.42 bits per heavy atom. The molecule has 1 heterocycles. The zero-order chi connectivity index (χ0) is 13.0. The number of hydrogen-bond donors (Lipinski definition) is 0. The van der Waals surface area contributed by atoms with Crippen LogP contribution in [-0.2, 0) is 0 Å². The highest BCUT2D eigenvalue weighted by molar-refractivity contribution is 6.20. The number of carbonyl (C=O) groups excluding carboxylic acids is 1. The predicted octanol–water partition coefficient (Wildman–Crippen LogP) is 2.98. The Kier molecular flexibility index (Phi) is 1.87. The summed E-state index contributed by atoms with van der Waals surface area (Å²) in [5, 5.41) is 0. The molecule has 3 nitrogen and oxygen atoms in total. The van der Waals surface area contributed by atoms with Crippen molar-refractivity contribution in [3.63, 3.8) is 0 Å². The molecule has 0 aliphatic heterocycles. The number of halogens is 1. The second kappa shape index (κ2) is 3.45. The van der Waals surface area contributed by atoms with Crippen LogP contribution in [0.15, 0.2) is 42.5 Å². The molecule has 0 saturated carbocycles. The number of nitrogens with zero attached hydrogens (tertiary/aromatic N) is 2. The molecule has 90 valence electrons. The fourth-order valence-electron chi connectivity index (χ4n) is 2.39. The third-order valence-corrected chi connectivity index (χ3v) is 3.27. The highest BCUT2D eigenvalue weighted by Crippen LogP contribution is 2.34. The molecule has 2 aromatic carbocycles. The second-order valence-corrected chi connectivity index (χ2v) is 4.43. The Morgan fingerprint density at radius 1 is 0.842 bits per heavy atom. The number of carbonyl (C=O) groups is 1. The molecule has 0 atom stereocenters. The van der Waals surface area contributed by atoms with Gasteiger partial charge in [0.15, 0.2) is 0 Å². The molecule has 3 aromatic rings. The molecule has 1 aromatic heterocycles. The average Bonchev–Trinajstić information content (AvgIpc) is 2.70. The van der Waals surface area contributed by atoms with E-state index in [1.165, 1.54) is 12.1 Å². The van der Waals surface area contributed by atoms with Gasteiger partial charge in [0.1, 0.15) is 17.2 Å². The van der Waals surface area contributed by atoms with Gasteiger partial charge in [0, 0.05) is 17.2 Å². The van der Waals surface area contributed by atoms with E-state index in [-0.39, 0.29) is 11.6 Å². The summed E-state index contributed by atoms with van der Waals surface area (Å²) in [6.07, 6.45) is 0. The van der Waals surface area contributed by atoms with Gasteiger partial charge in [-0.3, -0.25) is 4.79 Å². The van der Waals surface area contributed by atoms with Crippen LogP contribution in [0.2, 0.25) is 0 Å². The molecule has 19 heavy (non-hydrogen) atoms. The minimum atomic E-state index is -0.385. The standard InChI is InChI=1S/C15H7FN2O/c16-8-5-6-11-12(7-8)18-14-13(17-11)9-3-1-2-4-10(9)15(14)19/h1-7H. The zero-order valence-corrected chi connectivity index (χ0v) is 9.72. The van der Waals surface area contributed by atoms with Gasteiger partial charge in [-0.2, -0.15) is 0 Å². The van der Waals surface area contributed by atoms with Crippen molar-refractivity contribution in [3.8, 4) is 11.3 Å². The molecule has 0 fully saturated rings. The van der Waals surface area contributed by atoms with Crippen molar-refractivity contribution in [1.29, 1.82) is 0 Å². The van der Waals surface area contributed by atoms with Crippen LogP contribution in [0.1, 0.15) is 16.1 Å². The van der Waals surface area contributed by atoms with Crippen molar-refractivity contribution in [1.82, 2.24) is 9.97 Å². The van der Waals surface area contributed by atoms with Gasteiger partial charge in [0.05, 0.1) is 11.0 Å². The van der Waals surface area contributed by atoms with Crippen LogP contribution in [0, 0.1) is 5.82 Å². The van der Waals surface area contributed by atoms with E-state index < -0.39 is 0 Å². The molecule has 4 rings (SSSR count). The van der Waals surface area contributed by atoms with Crippen LogP contribution in [0.3, 0.4) is 0 Å². The first-order valence-electron chi connectivity index (χ1n) is 5.85. The third kappa shape index (κ3) is 1.34. The molecule has 0 bridgehead atoms. The first-order chi connectivity index (χ1) is 9.24. The van der Waals surface area contributed by atoms with E-state index >= 15 is 0 Å². The first-order valence-corrected chi connectivity index (χ1v) is 5.85. The van der Waals surface area contributed by atoms with Crippen molar-refractivity contribution < 1.29 is 9.18 Å². The monoisotopic (exact) mass is 250 g/mol. The maximum absolute atomic E-state index is 13.2. The lowest BCUT2D eigenvalue weighted by Gasteiger charge is -2.01. The van der Waals surface area contributed by atoms with Gasteiger partial charge >= 0.3 is 0 Å². The van der Waals surface area contributed by atoms with Crippen molar-refractivity contribution in [3.05, 3.63) is 59.5 Å². The lowest BCUT2D eigenvalue weighted by molar-refractivity contribution is 0.103. The SMILES string of the molecule is O=C1c2ccccc2-c2nc3ccc(F)cc3nc21. The summed E-state index contributed by atoms with van der Waals surface area (Å²) < 4.78 is 13.2. The van der Waals surface area contributed by atoms with Gasteiger partial charge in [-0.05, 0) is 12.1 Å². The molecular formula is C15H7FN2O. The molecule has 0 saturated heterocycles. The number of fused-ring (bicyclic) bond motifs is 4. The number of ketones is 1. The molecule has 0 radical (unpaired) electrons. The Labute approximate surface area is 107 Å². The Bertz CT molecular complexity index is 858. The van der Waals surface area contributed by atoms with E-state index in [2.05, 4.69) is 9.97 Å². The van der Waals surface area contributed by atoms with Crippen LogP contribution in [0.5, 0.6) is 0 Å². The molecule has 0 spiro atoms. The summed E-state index contributed by atoms with van der Waals surface area (Å²) in [7, 11) is 0. The van der Waals surface area contributed by atoms with Crippen molar-refractivity contribution in [2.45, 2.75) is 0 Å². The average molecular weight is 250 g/mol. The predicted molar refractivity (Wildman–Crippen MR) is 68.4 cm³/mol. The summed E-state index contributed by atoms with van der Waals surface area (Å²) in [5.74, 6) is -0.533. The molecule has 1 aliphatic carbocycles. The van der Waals surface area contributed by atoms with Gasteiger partial charge in [0.25, 0.3) is 0 Å². The van der Waals surface area contributed by atoms with Gasteiger partial charge < -0.3 is 0 Å². The van der Waals surface area contributed by atoms with Crippen molar-refractivity contribution >= 4 is 16.8 Å². The quantitative estimate of drug-likeness (QED) is 0.482. The van der Waals surface area contributed by atoms with Crippen LogP contribution in [0.25, 0.3) is 22.3 Å². The fourth-order valence-corrected chi connectivity index (χ4v) is 2.39. The molecule has 1 aliphatic rings. The van der Waals surface area contributed by atoms with Gasteiger partial charge in [0.2, 0.25) is 5.78 Å². The van der Waals surface area contributed by atoms with Gasteiger partial charge in [-0.1, -0.05) is 24.3 Å². The molecule has 4 heteroatoms. The van der Waals surface area contributed by atoms with E-state index in [1.807, 2.05) is 18.2 Å². The van der Waals surface area contributed by atoms with E-state index in [4.69, 9.17) is 0 Å². The van der Waals surface area contributed by atoms with Crippen LogP contribution in [-0.4, -0.2) is 15.8 Å². The zero-order valence-electron chi connectivity index (χ0n) is 9.72. The number of benzene rings is 2. The summed E-state index contributed by atoms with van der Waals surface area (Å²) in [6.45, 7) is 0. The van der Waals surface area contributed by atoms with Crippen LogP contribution >= 0.6 is 0 Å². The van der Waals surface area contributed by atoms with E-state index in [9.17, 15) is 9.18 Å². The Hall–Kier alpha value is -2.62. The fraction of sp³-hybridized carbons (Fsp3) is 0. The van der Waals surface area contributed by atoms with E-state index in [0.29, 0.717) is 28.0 Å². The summed E-state index contributed by atoms with van der Waals surface area (Å²) in [6, 6.07) is 11.5. The topological polar surface area (TPSA) is 42.9 Å². The maximum atomic E-state index is 13.2. The molecule has 0 amide bonds. The normalized spacial score (nSPS) is 12.6. The van der Waals surface area contributed by atoms with Crippen LogP contribution in [0.4, 0.5) is 4.39 Å². The summed E-state index contributed by atoms with van der Waals surface area (Å²) in [5.41, 5.74) is 3.28. The summed E-state index contributed by atoms with van der Waals surface area (Å²) in [4.78, 5) is 20.9. The lowest BCUT2D eigenvalue weighted by atomic mass is 10.1. The second-order valence-electron chi connectivity index (χ2n) is 4.43. The minimum absolute atomic E-state index is 0.149. The largest absolute Gasteiger partial charge is 0.287 e. The molecule has 0 N–H and O–H groups in total. The smallest absolute Gasteiger partial charge is 0.214 e. The Balaban J connectivity index is 2.11. The number of hydrogen-bond acceptors (Lipinski definition) is 3.